The summed E-state index contributed by atoms with van der Waals surface area (Å²) in [5.41, 5.74) is 2.06. The van der Waals surface area contributed by atoms with E-state index in [1.54, 1.807) is 10.9 Å². The first-order valence-electron chi connectivity index (χ1n) is 10.3. The van der Waals surface area contributed by atoms with Crippen molar-refractivity contribution >= 4 is 17.3 Å². The third kappa shape index (κ3) is 4.51. The number of carbonyl (C=O) groups is 1. The number of likely N-dealkylation sites (N-methyl/N-ethyl adjacent to an activating group) is 1. The number of ether oxygens (including phenoxy) is 1. The molecule has 9 nitrogen and oxygen atoms in total. The number of aromatic nitrogens is 3. The number of nitrogens with zero attached hydrogens (tertiary/aromatic N) is 5. The maximum atomic E-state index is 12.7. The number of hydrogen-bond acceptors (Lipinski definition) is 7. The Morgan fingerprint density at radius 1 is 1.31 bits per heavy atom. The largest absolute Gasteiger partial charge is 0.492 e. The van der Waals surface area contributed by atoms with E-state index in [0.29, 0.717) is 23.7 Å². The zero-order chi connectivity index (χ0) is 20.2. The maximum Gasteiger partial charge on any atom is 0.277 e. The van der Waals surface area contributed by atoms with Gasteiger partial charge in [-0.05, 0) is 39.1 Å². The predicted molar refractivity (Wildman–Crippen MR) is 112 cm³/mol. The fraction of sp³-hybridized carbons (Fsp3) is 0.550. The minimum absolute atomic E-state index is 0.255. The lowest BCUT2D eigenvalue weighted by Gasteiger charge is -2.34. The van der Waals surface area contributed by atoms with Crippen molar-refractivity contribution < 1.29 is 9.53 Å². The van der Waals surface area contributed by atoms with E-state index < -0.39 is 0 Å². The van der Waals surface area contributed by atoms with E-state index in [9.17, 15) is 4.79 Å². The average Bonchev–Trinajstić information content (AvgIpc) is 3.42. The van der Waals surface area contributed by atoms with Gasteiger partial charge < -0.3 is 25.2 Å². The number of nitrogens with one attached hydrogen (secondary N) is 2. The molecule has 2 aromatic rings. The molecule has 1 aromatic heterocycles. The Morgan fingerprint density at radius 2 is 2.14 bits per heavy atom. The van der Waals surface area contributed by atoms with Crippen molar-refractivity contribution in [2.24, 2.45) is 0 Å². The van der Waals surface area contributed by atoms with E-state index in [1.165, 1.54) is 0 Å². The van der Waals surface area contributed by atoms with Crippen LogP contribution in [0.2, 0.25) is 0 Å². The number of benzene rings is 1. The van der Waals surface area contributed by atoms with Gasteiger partial charge in [-0.3, -0.25) is 4.79 Å². The zero-order valence-electron chi connectivity index (χ0n) is 17.1. The lowest BCUT2D eigenvalue weighted by atomic mass is 10.2. The fourth-order valence-corrected chi connectivity index (χ4v) is 3.76. The predicted octanol–water partition coefficient (Wildman–Crippen LogP) is 1.22. The Bertz CT molecular complexity index is 839. The number of amides is 1. The second-order valence-electron chi connectivity index (χ2n) is 7.59. The van der Waals surface area contributed by atoms with Crippen LogP contribution in [0.15, 0.2) is 24.4 Å². The van der Waals surface area contributed by atoms with E-state index in [4.69, 9.17) is 4.74 Å². The van der Waals surface area contributed by atoms with Crippen LogP contribution in [0.25, 0.3) is 0 Å². The molecule has 1 aromatic carbocycles. The first-order valence-corrected chi connectivity index (χ1v) is 10.3. The van der Waals surface area contributed by atoms with Gasteiger partial charge in [-0.15, -0.1) is 5.10 Å². The topological polar surface area (TPSA) is 87.5 Å². The van der Waals surface area contributed by atoms with Crippen LogP contribution in [0.4, 0.5) is 11.4 Å². The summed E-state index contributed by atoms with van der Waals surface area (Å²) >= 11 is 0. The molecule has 1 amide bonds. The Balaban J connectivity index is 1.47. The number of carbonyl (C=O) groups excluding carboxylic acids is 1. The molecule has 156 valence electrons. The van der Waals surface area contributed by atoms with Crippen molar-refractivity contribution in [1.29, 1.82) is 0 Å². The lowest BCUT2D eigenvalue weighted by Crippen LogP contribution is -2.44. The van der Waals surface area contributed by atoms with E-state index in [-0.39, 0.29) is 11.9 Å². The maximum absolute atomic E-state index is 12.7. The molecule has 2 fully saturated rings. The second kappa shape index (κ2) is 8.79. The van der Waals surface area contributed by atoms with Gasteiger partial charge in [-0.2, -0.15) is 0 Å². The van der Waals surface area contributed by atoms with E-state index in [1.807, 2.05) is 25.1 Å². The van der Waals surface area contributed by atoms with E-state index >= 15 is 0 Å². The third-order valence-corrected chi connectivity index (χ3v) is 5.53. The third-order valence-electron chi connectivity index (χ3n) is 5.53. The summed E-state index contributed by atoms with van der Waals surface area (Å²) in [5.74, 6) is 0.389. The molecule has 1 unspecified atom stereocenters. The SMILES string of the molecule is CCOc1cc(N2CCN(C)CC2)ccc1NC(=O)c1cn(C2CCNC2)nn1. The first kappa shape index (κ1) is 19.7. The Labute approximate surface area is 171 Å². The molecular formula is C20H29N7O2. The van der Waals surface area contributed by atoms with Crippen LogP contribution in [0, 0.1) is 0 Å². The Kier molecular flexibility index (Phi) is 5.96. The molecule has 9 heteroatoms. The molecule has 4 rings (SSSR count). The lowest BCUT2D eigenvalue weighted by molar-refractivity contribution is 0.102. The molecule has 0 aliphatic carbocycles. The van der Waals surface area contributed by atoms with Gasteiger partial charge >= 0.3 is 0 Å². The van der Waals surface area contributed by atoms with Crippen LogP contribution < -0.4 is 20.3 Å². The minimum Gasteiger partial charge on any atom is -0.492 e. The quantitative estimate of drug-likeness (QED) is 0.755. The smallest absolute Gasteiger partial charge is 0.277 e. The molecule has 0 saturated carbocycles. The average molecular weight is 399 g/mol. The van der Waals surface area contributed by atoms with Gasteiger partial charge in [0.15, 0.2) is 5.69 Å². The molecule has 0 bridgehead atoms. The number of rotatable bonds is 6. The van der Waals surface area contributed by atoms with Gasteiger partial charge in [-0.25, -0.2) is 4.68 Å². The highest BCUT2D eigenvalue weighted by Gasteiger charge is 2.21. The molecule has 2 saturated heterocycles. The molecule has 29 heavy (non-hydrogen) atoms. The van der Waals surface area contributed by atoms with Crippen LogP contribution in [0.1, 0.15) is 29.9 Å². The number of hydrogen-bond donors (Lipinski definition) is 2. The van der Waals surface area contributed by atoms with Crippen LogP contribution in [-0.4, -0.2) is 78.7 Å². The highest BCUT2D eigenvalue weighted by Crippen LogP contribution is 2.31. The molecule has 0 radical (unpaired) electrons. The molecule has 0 spiro atoms. The Hall–Kier alpha value is -2.65. The van der Waals surface area contributed by atoms with Crippen LogP contribution in [0.5, 0.6) is 5.75 Å². The van der Waals surface area contributed by atoms with Gasteiger partial charge in [0.1, 0.15) is 5.75 Å². The van der Waals surface area contributed by atoms with Gasteiger partial charge in [0.05, 0.1) is 24.5 Å². The molecule has 2 N–H and O–H groups in total. The molecule has 3 heterocycles. The highest BCUT2D eigenvalue weighted by molar-refractivity contribution is 6.03. The summed E-state index contributed by atoms with van der Waals surface area (Å²) in [6.45, 7) is 8.31. The van der Waals surface area contributed by atoms with Crippen LogP contribution in [0.3, 0.4) is 0 Å². The molecule has 2 aliphatic heterocycles. The monoisotopic (exact) mass is 399 g/mol. The van der Waals surface area contributed by atoms with Gasteiger partial charge in [0, 0.05) is 44.5 Å². The molecule has 2 aliphatic rings. The highest BCUT2D eigenvalue weighted by atomic mass is 16.5. The standard InChI is InChI=1S/C20H29N7O2/c1-3-29-19-12-15(26-10-8-25(2)9-11-26)4-5-17(19)22-20(28)18-14-27(24-23-18)16-6-7-21-13-16/h4-5,12,14,16,21H,3,6-11,13H2,1-2H3,(H,22,28). The van der Waals surface area contributed by atoms with Crippen molar-refractivity contribution in [2.75, 3.05) is 63.1 Å². The van der Waals surface area contributed by atoms with Gasteiger partial charge in [0.2, 0.25) is 0 Å². The van der Waals surface area contributed by atoms with Crippen molar-refractivity contribution in [3.05, 3.63) is 30.1 Å². The summed E-state index contributed by atoms with van der Waals surface area (Å²) in [4.78, 5) is 17.4. The van der Waals surface area contributed by atoms with Gasteiger partial charge in [0.25, 0.3) is 5.91 Å². The summed E-state index contributed by atoms with van der Waals surface area (Å²) in [7, 11) is 2.14. The second-order valence-corrected chi connectivity index (χ2v) is 7.59. The minimum atomic E-state index is -0.282. The van der Waals surface area contributed by atoms with Crippen molar-refractivity contribution in [3.63, 3.8) is 0 Å². The Morgan fingerprint density at radius 3 is 2.86 bits per heavy atom. The van der Waals surface area contributed by atoms with Crippen molar-refractivity contribution in [2.45, 2.75) is 19.4 Å². The fourth-order valence-electron chi connectivity index (χ4n) is 3.76. The van der Waals surface area contributed by atoms with Crippen molar-refractivity contribution in [1.82, 2.24) is 25.2 Å². The van der Waals surface area contributed by atoms with Gasteiger partial charge in [-0.1, -0.05) is 5.21 Å². The molecule has 1 atom stereocenters. The molecular weight excluding hydrogens is 370 g/mol. The van der Waals surface area contributed by atoms with Crippen LogP contribution >= 0.6 is 0 Å². The zero-order valence-corrected chi connectivity index (χ0v) is 17.1. The summed E-state index contributed by atoms with van der Waals surface area (Å²) in [6.07, 6.45) is 2.71. The summed E-state index contributed by atoms with van der Waals surface area (Å²) in [6, 6.07) is 6.20. The van der Waals surface area contributed by atoms with Crippen LogP contribution in [-0.2, 0) is 0 Å². The van der Waals surface area contributed by atoms with Crippen molar-refractivity contribution in [3.8, 4) is 5.75 Å². The van der Waals surface area contributed by atoms with E-state index in [2.05, 4.69) is 37.8 Å². The number of piperazine rings is 1. The summed E-state index contributed by atoms with van der Waals surface area (Å²) in [5, 5.41) is 14.4. The summed E-state index contributed by atoms with van der Waals surface area (Å²) < 4.78 is 7.58. The number of anilines is 2. The normalized spacial score (nSPS) is 20.1. The van der Waals surface area contributed by atoms with E-state index in [0.717, 1.165) is 51.4 Å². The first-order chi connectivity index (χ1) is 14.1.